The minimum atomic E-state index is -0.883. The number of hydrogen-bond donors (Lipinski definition) is 2. The summed E-state index contributed by atoms with van der Waals surface area (Å²) in [5, 5.41) is 9.33. The zero-order valence-corrected chi connectivity index (χ0v) is 12.9. The Hall–Kier alpha value is -1.10. The monoisotopic (exact) mass is 284 g/mol. The number of amides is 1. The number of likely N-dealkylation sites (tertiary alicyclic amines) is 1. The summed E-state index contributed by atoms with van der Waals surface area (Å²) in [6.07, 6.45) is 3.80. The summed E-state index contributed by atoms with van der Waals surface area (Å²) in [7, 11) is 0. The smallest absolute Gasteiger partial charge is 0.326 e. The minimum absolute atomic E-state index is 0.0299. The molecule has 116 valence electrons. The van der Waals surface area contributed by atoms with Gasteiger partial charge in [-0.2, -0.15) is 0 Å². The van der Waals surface area contributed by atoms with Gasteiger partial charge in [0.05, 0.1) is 0 Å². The number of carboxylic acid groups (broad SMARTS) is 1. The second-order valence-electron chi connectivity index (χ2n) is 6.69. The van der Waals surface area contributed by atoms with E-state index >= 15 is 0 Å². The van der Waals surface area contributed by atoms with Gasteiger partial charge in [0.1, 0.15) is 6.04 Å². The van der Waals surface area contributed by atoms with Crippen molar-refractivity contribution < 1.29 is 14.7 Å². The molecule has 0 saturated carbocycles. The topological polar surface area (TPSA) is 83.6 Å². The van der Waals surface area contributed by atoms with Crippen LogP contribution in [-0.2, 0) is 9.59 Å². The average molecular weight is 284 g/mol. The van der Waals surface area contributed by atoms with Gasteiger partial charge in [-0.25, -0.2) is 4.79 Å². The van der Waals surface area contributed by atoms with E-state index in [9.17, 15) is 14.7 Å². The summed E-state index contributed by atoms with van der Waals surface area (Å²) in [6, 6.07) is -0.658. The van der Waals surface area contributed by atoms with Crippen LogP contribution in [0, 0.1) is 11.3 Å². The normalized spacial score (nSPS) is 23.7. The Labute approximate surface area is 121 Å². The Bertz CT molecular complexity index is 355. The lowest BCUT2D eigenvalue weighted by molar-refractivity contribution is -0.154. The van der Waals surface area contributed by atoms with Gasteiger partial charge in [-0.15, -0.1) is 0 Å². The number of hydrogen-bond acceptors (Lipinski definition) is 3. The average Bonchev–Trinajstić information content (AvgIpc) is 2.35. The number of carbonyl (C=O) groups is 2. The van der Waals surface area contributed by atoms with E-state index < -0.39 is 12.0 Å². The predicted octanol–water partition coefficient (Wildman–Crippen LogP) is 1.85. The number of aliphatic carboxylic acids is 1. The second-order valence-corrected chi connectivity index (χ2v) is 6.69. The van der Waals surface area contributed by atoms with E-state index in [1.807, 2.05) is 6.92 Å². The number of carbonyl (C=O) groups excluding carboxylic acids is 1. The van der Waals surface area contributed by atoms with Gasteiger partial charge in [0.25, 0.3) is 0 Å². The van der Waals surface area contributed by atoms with Crippen LogP contribution in [-0.4, -0.2) is 41.0 Å². The fourth-order valence-corrected chi connectivity index (χ4v) is 2.95. The van der Waals surface area contributed by atoms with Gasteiger partial charge in [-0.3, -0.25) is 4.79 Å². The Morgan fingerprint density at radius 2 is 2.00 bits per heavy atom. The van der Waals surface area contributed by atoms with Crippen LogP contribution >= 0.6 is 0 Å². The highest BCUT2D eigenvalue weighted by atomic mass is 16.4. The molecule has 5 nitrogen and oxygen atoms in total. The van der Waals surface area contributed by atoms with Crippen molar-refractivity contribution in [3.05, 3.63) is 0 Å². The van der Waals surface area contributed by atoms with Crippen LogP contribution in [0.25, 0.3) is 0 Å². The van der Waals surface area contributed by atoms with Crippen LogP contribution < -0.4 is 5.73 Å². The van der Waals surface area contributed by atoms with Crippen molar-refractivity contribution in [3.63, 3.8) is 0 Å². The number of nitrogens with zero attached hydrogens (tertiary/aromatic N) is 1. The first-order chi connectivity index (χ1) is 9.28. The number of carboxylic acids is 1. The Kier molecular flexibility index (Phi) is 5.99. The summed E-state index contributed by atoms with van der Waals surface area (Å²) in [6.45, 7) is 7.29. The molecule has 2 unspecified atom stereocenters. The third kappa shape index (κ3) is 4.47. The molecular weight excluding hydrogens is 256 g/mol. The Morgan fingerprint density at radius 3 is 2.55 bits per heavy atom. The van der Waals surface area contributed by atoms with E-state index in [-0.39, 0.29) is 17.2 Å². The van der Waals surface area contributed by atoms with Crippen LogP contribution in [0.4, 0.5) is 0 Å². The molecule has 2 atom stereocenters. The van der Waals surface area contributed by atoms with Gasteiger partial charge in [-0.05, 0) is 43.6 Å². The molecule has 1 fully saturated rings. The summed E-state index contributed by atoms with van der Waals surface area (Å²) in [5.41, 5.74) is 5.60. The van der Waals surface area contributed by atoms with Crippen LogP contribution in [0.3, 0.4) is 0 Å². The number of piperidine rings is 1. The molecule has 1 aliphatic rings. The lowest BCUT2D eigenvalue weighted by Crippen LogP contribution is -2.52. The summed E-state index contributed by atoms with van der Waals surface area (Å²) >= 11 is 0. The molecule has 3 N–H and O–H groups in total. The van der Waals surface area contributed by atoms with Crippen molar-refractivity contribution in [3.8, 4) is 0 Å². The van der Waals surface area contributed by atoms with Gasteiger partial charge < -0.3 is 15.7 Å². The zero-order chi connectivity index (χ0) is 15.3. The number of nitrogens with two attached hydrogens (primary N) is 1. The lowest BCUT2D eigenvalue weighted by Gasteiger charge is -2.38. The van der Waals surface area contributed by atoms with E-state index in [2.05, 4.69) is 13.8 Å². The van der Waals surface area contributed by atoms with Crippen LogP contribution in [0.1, 0.15) is 52.9 Å². The van der Waals surface area contributed by atoms with Gasteiger partial charge in [0, 0.05) is 13.0 Å². The molecule has 1 amide bonds. The van der Waals surface area contributed by atoms with Crippen molar-refractivity contribution in [1.82, 2.24) is 4.90 Å². The van der Waals surface area contributed by atoms with Gasteiger partial charge in [0.15, 0.2) is 0 Å². The van der Waals surface area contributed by atoms with Crippen LogP contribution in [0.2, 0.25) is 0 Å². The Balaban J connectivity index is 2.63. The van der Waals surface area contributed by atoms with E-state index in [1.54, 1.807) is 4.90 Å². The van der Waals surface area contributed by atoms with E-state index in [0.717, 1.165) is 25.7 Å². The second kappa shape index (κ2) is 7.07. The summed E-state index contributed by atoms with van der Waals surface area (Å²) < 4.78 is 0. The molecule has 1 rings (SSSR count). The van der Waals surface area contributed by atoms with Crippen molar-refractivity contribution in [1.29, 1.82) is 0 Å². The predicted molar refractivity (Wildman–Crippen MR) is 78.2 cm³/mol. The molecule has 1 saturated heterocycles. The van der Waals surface area contributed by atoms with Gasteiger partial charge in [-0.1, -0.05) is 20.8 Å². The molecule has 1 aliphatic heterocycles. The first kappa shape index (κ1) is 17.0. The first-order valence-electron chi connectivity index (χ1n) is 7.51. The summed E-state index contributed by atoms with van der Waals surface area (Å²) in [4.78, 5) is 25.3. The Morgan fingerprint density at radius 1 is 1.35 bits per heavy atom. The molecule has 0 aromatic carbocycles. The number of rotatable bonds is 6. The van der Waals surface area contributed by atoms with Gasteiger partial charge >= 0.3 is 5.97 Å². The molecule has 20 heavy (non-hydrogen) atoms. The standard InChI is InChI=1S/C15H28N2O3/c1-11-5-4-10-17(13(11)14(19)20)12(18)6-7-15(2,3)8-9-16/h11,13H,4-10,16H2,1-3H3,(H,19,20). The summed E-state index contributed by atoms with van der Waals surface area (Å²) in [5.74, 6) is -0.886. The highest BCUT2D eigenvalue weighted by Gasteiger charge is 2.37. The zero-order valence-electron chi connectivity index (χ0n) is 12.9. The van der Waals surface area contributed by atoms with E-state index in [0.29, 0.717) is 19.5 Å². The van der Waals surface area contributed by atoms with Crippen molar-refractivity contribution >= 4 is 11.9 Å². The fourth-order valence-electron chi connectivity index (χ4n) is 2.95. The molecule has 0 aromatic heterocycles. The highest BCUT2D eigenvalue weighted by Crippen LogP contribution is 2.29. The molecule has 5 heteroatoms. The van der Waals surface area contributed by atoms with Gasteiger partial charge in [0.2, 0.25) is 5.91 Å². The highest BCUT2D eigenvalue weighted by molar-refractivity contribution is 5.84. The largest absolute Gasteiger partial charge is 0.480 e. The first-order valence-corrected chi connectivity index (χ1v) is 7.51. The van der Waals surface area contributed by atoms with Crippen LogP contribution in [0.5, 0.6) is 0 Å². The maximum absolute atomic E-state index is 12.3. The van der Waals surface area contributed by atoms with E-state index in [4.69, 9.17) is 5.73 Å². The molecule has 0 bridgehead atoms. The lowest BCUT2D eigenvalue weighted by atomic mass is 9.83. The van der Waals surface area contributed by atoms with Crippen molar-refractivity contribution in [2.24, 2.45) is 17.1 Å². The molecule has 0 radical (unpaired) electrons. The van der Waals surface area contributed by atoms with Crippen molar-refractivity contribution in [2.45, 2.75) is 58.9 Å². The quantitative estimate of drug-likeness (QED) is 0.779. The molecule has 0 aromatic rings. The third-order valence-electron chi connectivity index (χ3n) is 4.34. The fraction of sp³-hybridized carbons (Fsp3) is 0.867. The molecular formula is C15H28N2O3. The molecule has 0 spiro atoms. The molecule has 1 heterocycles. The SMILES string of the molecule is CC1CCCN(C(=O)CCC(C)(C)CCN)C1C(=O)O. The maximum Gasteiger partial charge on any atom is 0.326 e. The minimum Gasteiger partial charge on any atom is -0.480 e. The van der Waals surface area contributed by atoms with E-state index in [1.165, 1.54) is 0 Å². The van der Waals surface area contributed by atoms with Crippen LogP contribution in [0.15, 0.2) is 0 Å². The maximum atomic E-state index is 12.3. The van der Waals surface area contributed by atoms with Crippen molar-refractivity contribution in [2.75, 3.05) is 13.1 Å². The third-order valence-corrected chi connectivity index (χ3v) is 4.34. The molecule has 0 aliphatic carbocycles.